The molecule has 2 aliphatic rings. The Morgan fingerprint density at radius 1 is 1.22 bits per heavy atom. The van der Waals surface area contributed by atoms with Gasteiger partial charge in [-0.2, -0.15) is 0 Å². The third-order valence-corrected chi connectivity index (χ3v) is 6.04. The zero-order valence-corrected chi connectivity index (χ0v) is 16.7. The van der Waals surface area contributed by atoms with Crippen molar-refractivity contribution in [2.45, 2.75) is 46.0 Å². The van der Waals surface area contributed by atoms with E-state index < -0.39 is 11.7 Å². The molecule has 1 unspecified atom stereocenters. The summed E-state index contributed by atoms with van der Waals surface area (Å²) in [5, 5.41) is 0. The normalized spacial score (nSPS) is 23.3. The number of nitrogens with zero attached hydrogens (tertiary/aromatic N) is 3. The number of piperidine rings is 2. The van der Waals surface area contributed by atoms with Crippen LogP contribution in [0.4, 0.5) is 0 Å². The number of carbonyl (C=O) groups is 3. The molecular formula is C21H31N3O3. The van der Waals surface area contributed by atoms with Crippen molar-refractivity contribution in [3.8, 4) is 0 Å². The van der Waals surface area contributed by atoms with Gasteiger partial charge in [0.1, 0.15) is 0 Å². The van der Waals surface area contributed by atoms with Crippen LogP contribution in [0.25, 0.3) is 0 Å². The standard InChI is InChI=1S/C21H31N3O3/c1-16(2)8-13-23-14-21(10-7-18(23)25)9-5-12-24(15-21)20(27)19(26)17-6-4-11-22(17)3/h4,6,11,16H,5,7-10,12-15H2,1-3H3. The summed E-state index contributed by atoms with van der Waals surface area (Å²) in [5.74, 6) is -0.0720. The van der Waals surface area contributed by atoms with Crippen molar-refractivity contribution >= 4 is 17.6 Å². The molecule has 0 bridgehead atoms. The van der Waals surface area contributed by atoms with Crippen molar-refractivity contribution in [3.05, 3.63) is 24.0 Å². The number of ketones is 1. The maximum Gasteiger partial charge on any atom is 0.296 e. The van der Waals surface area contributed by atoms with Crippen LogP contribution in [0.3, 0.4) is 0 Å². The van der Waals surface area contributed by atoms with E-state index in [0.29, 0.717) is 37.7 Å². The van der Waals surface area contributed by atoms with Gasteiger partial charge in [-0.3, -0.25) is 14.4 Å². The molecule has 148 valence electrons. The minimum absolute atomic E-state index is 0.0622. The number of hydrogen-bond donors (Lipinski definition) is 0. The van der Waals surface area contributed by atoms with Crippen LogP contribution in [0.1, 0.15) is 56.4 Å². The first-order chi connectivity index (χ1) is 12.8. The zero-order valence-electron chi connectivity index (χ0n) is 16.7. The molecule has 1 atom stereocenters. The average Bonchev–Trinajstić information content (AvgIpc) is 3.07. The second-order valence-corrected chi connectivity index (χ2v) is 8.66. The first-order valence-corrected chi connectivity index (χ1v) is 10.0. The summed E-state index contributed by atoms with van der Waals surface area (Å²) in [6, 6.07) is 3.46. The molecular weight excluding hydrogens is 342 g/mol. The van der Waals surface area contributed by atoms with Gasteiger partial charge in [0, 0.05) is 51.3 Å². The highest BCUT2D eigenvalue weighted by Gasteiger charge is 2.43. The molecule has 0 aliphatic carbocycles. The third kappa shape index (κ3) is 4.25. The van der Waals surface area contributed by atoms with Gasteiger partial charge in [0.25, 0.3) is 11.7 Å². The molecule has 3 heterocycles. The van der Waals surface area contributed by atoms with E-state index in [0.717, 1.165) is 32.2 Å². The van der Waals surface area contributed by atoms with E-state index >= 15 is 0 Å². The van der Waals surface area contributed by atoms with Crippen LogP contribution in [0.5, 0.6) is 0 Å². The number of rotatable bonds is 5. The molecule has 0 N–H and O–H groups in total. The number of carbonyl (C=O) groups excluding carboxylic acids is 3. The van der Waals surface area contributed by atoms with E-state index in [1.54, 1.807) is 34.8 Å². The number of aromatic nitrogens is 1. The highest BCUT2D eigenvalue weighted by molar-refractivity contribution is 6.42. The largest absolute Gasteiger partial charge is 0.348 e. The molecule has 27 heavy (non-hydrogen) atoms. The van der Waals surface area contributed by atoms with E-state index in [4.69, 9.17) is 0 Å². The lowest BCUT2D eigenvalue weighted by Gasteiger charge is -2.48. The average molecular weight is 373 g/mol. The molecule has 3 rings (SSSR count). The summed E-state index contributed by atoms with van der Waals surface area (Å²) < 4.78 is 1.69. The maximum atomic E-state index is 12.8. The summed E-state index contributed by atoms with van der Waals surface area (Å²) in [4.78, 5) is 41.5. The lowest BCUT2D eigenvalue weighted by Crippen LogP contribution is -2.56. The molecule has 0 radical (unpaired) electrons. The fraction of sp³-hybridized carbons (Fsp3) is 0.667. The molecule has 0 saturated carbocycles. The van der Waals surface area contributed by atoms with Gasteiger partial charge in [0.05, 0.1) is 5.69 Å². The van der Waals surface area contributed by atoms with Crippen LogP contribution < -0.4 is 0 Å². The summed E-state index contributed by atoms with van der Waals surface area (Å²) in [7, 11) is 1.78. The summed E-state index contributed by atoms with van der Waals surface area (Å²) in [6.07, 6.45) is 6.03. The van der Waals surface area contributed by atoms with Crippen molar-refractivity contribution in [1.82, 2.24) is 14.4 Å². The Balaban J connectivity index is 1.69. The molecule has 1 aromatic rings. The number of amides is 2. The van der Waals surface area contributed by atoms with Crippen molar-refractivity contribution < 1.29 is 14.4 Å². The lowest BCUT2D eigenvalue weighted by molar-refractivity contribution is -0.141. The Labute approximate surface area is 161 Å². The molecule has 6 nitrogen and oxygen atoms in total. The molecule has 2 saturated heterocycles. The molecule has 2 aliphatic heterocycles. The van der Waals surface area contributed by atoms with E-state index in [1.807, 2.05) is 4.90 Å². The minimum atomic E-state index is -0.442. The van der Waals surface area contributed by atoms with E-state index in [9.17, 15) is 14.4 Å². The van der Waals surface area contributed by atoms with Crippen molar-refractivity contribution in [3.63, 3.8) is 0 Å². The van der Waals surface area contributed by atoms with Crippen molar-refractivity contribution in [2.24, 2.45) is 18.4 Å². The fourth-order valence-corrected chi connectivity index (χ4v) is 4.38. The minimum Gasteiger partial charge on any atom is -0.348 e. The van der Waals surface area contributed by atoms with Gasteiger partial charge in [-0.1, -0.05) is 13.8 Å². The van der Waals surface area contributed by atoms with Crippen LogP contribution in [0, 0.1) is 11.3 Å². The van der Waals surface area contributed by atoms with Gasteiger partial charge in [0.2, 0.25) is 5.91 Å². The monoisotopic (exact) mass is 373 g/mol. The maximum absolute atomic E-state index is 12.8. The zero-order chi connectivity index (χ0) is 19.6. The topological polar surface area (TPSA) is 62.6 Å². The number of aryl methyl sites for hydroxylation is 1. The molecule has 0 aromatic carbocycles. The summed E-state index contributed by atoms with van der Waals surface area (Å²) in [5.41, 5.74) is 0.366. The van der Waals surface area contributed by atoms with Crippen LogP contribution >= 0.6 is 0 Å². The Kier molecular flexibility index (Phi) is 5.72. The Bertz CT molecular complexity index is 724. The smallest absolute Gasteiger partial charge is 0.296 e. The van der Waals surface area contributed by atoms with Crippen LogP contribution in [-0.4, -0.2) is 58.1 Å². The van der Waals surface area contributed by atoms with Gasteiger partial charge < -0.3 is 14.4 Å². The molecule has 2 fully saturated rings. The Morgan fingerprint density at radius 2 is 2.00 bits per heavy atom. The Hall–Kier alpha value is -2.11. The van der Waals surface area contributed by atoms with Crippen molar-refractivity contribution in [2.75, 3.05) is 26.2 Å². The van der Waals surface area contributed by atoms with Gasteiger partial charge in [-0.05, 0) is 43.7 Å². The quantitative estimate of drug-likeness (QED) is 0.588. The van der Waals surface area contributed by atoms with Crippen molar-refractivity contribution in [1.29, 1.82) is 0 Å². The predicted octanol–water partition coefficient (Wildman–Crippen LogP) is 2.49. The summed E-state index contributed by atoms with van der Waals surface area (Å²) in [6.45, 7) is 7.03. The highest BCUT2D eigenvalue weighted by atomic mass is 16.2. The predicted molar refractivity (Wildman–Crippen MR) is 103 cm³/mol. The van der Waals surface area contributed by atoms with Gasteiger partial charge in [0.15, 0.2) is 0 Å². The van der Waals surface area contributed by atoms with Gasteiger partial charge in [-0.15, -0.1) is 0 Å². The molecule has 2 amide bonds. The Morgan fingerprint density at radius 3 is 2.67 bits per heavy atom. The van der Waals surface area contributed by atoms with Gasteiger partial charge >= 0.3 is 0 Å². The van der Waals surface area contributed by atoms with Gasteiger partial charge in [-0.25, -0.2) is 0 Å². The SMILES string of the molecule is CC(C)CCN1CC2(CCCN(C(=O)C(=O)c3cccn3C)C2)CCC1=O. The van der Waals surface area contributed by atoms with E-state index in [2.05, 4.69) is 13.8 Å². The second-order valence-electron chi connectivity index (χ2n) is 8.66. The molecule has 1 aromatic heterocycles. The number of likely N-dealkylation sites (tertiary alicyclic amines) is 2. The molecule has 6 heteroatoms. The number of hydrogen-bond acceptors (Lipinski definition) is 3. The third-order valence-electron chi connectivity index (χ3n) is 6.04. The lowest BCUT2D eigenvalue weighted by atomic mass is 9.73. The van der Waals surface area contributed by atoms with E-state index in [-0.39, 0.29) is 11.3 Å². The van der Waals surface area contributed by atoms with E-state index in [1.165, 1.54) is 0 Å². The fourth-order valence-electron chi connectivity index (χ4n) is 4.38. The molecule has 1 spiro atoms. The number of Topliss-reactive ketones (excluding diaryl/α,β-unsaturated/α-hetero) is 1. The van der Waals surface area contributed by atoms with Crippen LogP contribution in [-0.2, 0) is 16.6 Å². The summed E-state index contributed by atoms with van der Waals surface area (Å²) >= 11 is 0. The highest BCUT2D eigenvalue weighted by Crippen LogP contribution is 2.39. The second kappa shape index (κ2) is 7.87. The van der Waals surface area contributed by atoms with Crippen LogP contribution in [0.2, 0.25) is 0 Å². The first-order valence-electron chi connectivity index (χ1n) is 10.0. The first kappa shape index (κ1) is 19.6. The van der Waals surface area contributed by atoms with Crippen LogP contribution in [0.15, 0.2) is 18.3 Å².